The summed E-state index contributed by atoms with van der Waals surface area (Å²) in [6, 6.07) is 14.7. The molecule has 0 aliphatic heterocycles. The van der Waals surface area contributed by atoms with Crippen molar-refractivity contribution in [1.29, 1.82) is 0 Å². The second-order valence-electron chi connectivity index (χ2n) is 6.79. The molecule has 6 nitrogen and oxygen atoms in total. The number of hydrogen-bond donors (Lipinski definition) is 1. The van der Waals surface area contributed by atoms with Crippen LogP contribution < -0.4 is 14.4 Å². The third-order valence-electron chi connectivity index (χ3n) is 4.54. The Bertz CT molecular complexity index is 1220. The van der Waals surface area contributed by atoms with Gasteiger partial charge < -0.3 is 10.1 Å². The van der Waals surface area contributed by atoms with E-state index in [2.05, 4.69) is 5.32 Å². The summed E-state index contributed by atoms with van der Waals surface area (Å²) < 4.78 is 58.9. The van der Waals surface area contributed by atoms with Crippen LogP contribution >= 0.6 is 11.6 Å². The molecule has 3 aromatic carbocycles. The van der Waals surface area contributed by atoms with Crippen molar-refractivity contribution in [1.82, 2.24) is 0 Å². The third-order valence-corrected chi connectivity index (χ3v) is 6.60. The summed E-state index contributed by atoms with van der Waals surface area (Å²) in [5.41, 5.74) is 0.203. The molecule has 0 heterocycles. The van der Waals surface area contributed by atoms with E-state index in [1.807, 2.05) is 0 Å². The molecule has 0 aromatic heterocycles. The van der Waals surface area contributed by atoms with Gasteiger partial charge in [-0.05, 0) is 67.6 Å². The second kappa shape index (κ2) is 9.54. The molecule has 0 radical (unpaired) electrons. The van der Waals surface area contributed by atoms with E-state index in [1.165, 1.54) is 62.5 Å². The van der Waals surface area contributed by atoms with Gasteiger partial charge in [-0.25, -0.2) is 17.2 Å². The van der Waals surface area contributed by atoms with Crippen molar-refractivity contribution in [3.8, 4) is 5.75 Å². The van der Waals surface area contributed by atoms with Crippen molar-refractivity contribution in [2.75, 3.05) is 16.7 Å². The molecular formula is C22H19ClF2N2O4S. The number of anilines is 2. The van der Waals surface area contributed by atoms with E-state index in [-0.39, 0.29) is 10.6 Å². The molecule has 168 valence electrons. The second-order valence-corrected chi connectivity index (χ2v) is 9.20. The van der Waals surface area contributed by atoms with Crippen LogP contribution in [0, 0.1) is 11.6 Å². The highest BCUT2D eigenvalue weighted by molar-refractivity contribution is 7.92. The van der Waals surface area contributed by atoms with Crippen LogP contribution in [-0.2, 0) is 14.8 Å². The van der Waals surface area contributed by atoms with Gasteiger partial charge in [-0.15, -0.1) is 0 Å². The smallest absolute Gasteiger partial charge is 0.265 e. The van der Waals surface area contributed by atoms with Crippen LogP contribution in [0.3, 0.4) is 0 Å². The van der Waals surface area contributed by atoms with Gasteiger partial charge in [-0.1, -0.05) is 11.6 Å². The highest BCUT2D eigenvalue weighted by Crippen LogP contribution is 2.26. The molecule has 0 aliphatic carbocycles. The lowest BCUT2D eigenvalue weighted by Gasteiger charge is -2.20. The number of carbonyl (C=O) groups excluding carboxylic acids is 1. The molecule has 3 rings (SSSR count). The summed E-state index contributed by atoms with van der Waals surface area (Å²) in [7, 11) is -2.38. The van der Waals surface area contributed by atoms with Gasteiger partial charge in [0.2, 0.25) is 0 Å². The number of sulfonamides is 1. The number of ether oxygens (including phenoxy) is 1. The molecule has 3 aromatic rings. The van der Waals surface area contributed by atoms with Gasteiger partial charge in [-0.3, -0.25) is 9.10 Å². The van der Waals surface area contributed by atoms with E-state index in [9.17, 15) is 22.0 Å². The number of nitrogens with one attached hydrogen (secondary N) is 1. The molecule has 32 heavy (non-hydrogen) atoms. The Hall–Kier alpha value is -3.17. The van der Waals surface area contributed by atoms with Crippen LogP contribution in [-0.4, -0.2) is 27.5 Å². The Kier molecular flexibility index (Phi) is 7.00. The first-order valence-corrected chi connectivity index (χ1v) is 11.2. The fourth-order valence-electron chi connectivity index (χ4n) is 2.72. The molecule has 0 saturated carbocycles. The Morgan fingerprint density at radius 1 is 1.03 bits per heavy atom. The van der Waals surface area contributed by atoms with Gasteiger partial charge in [-0.2, -0.15) is 0 Å². The molecule has 1 unspecified atom stereocenters. The average molecular weight is 481 g/mol. The lowest BCUT2D eigenvalue weighted by atomic mass is 10.2. The lowest BCUT2D eigenvalue weighted by Crippen LogP contribution is -2.30. The Balaban J connectivity index is 1.67. The summed E-state index contributed by atoms with van der Waals surface area (Å²) in [6.45, 7) is 1.46. The first-order chi connectivity index (χ1) is 15.1. The number of nitrogens with zero attached hydrogens (tertiary/aromatic N) is 1. The average Bonchev–Trinajstić information content (AvgIpc) is 2.76. The zero-order chi connectivity index (χ0) is 23.5. The zero-order valence-electron chi connectivity index (χ0n) is 17.1. The highest BCUT2D eigenvalue weighted by Gasteiger charge is 2.22. The van der Waals surface area contributed by atoms with Crippen molar-refractivity contribution in [3.05, 3.63) is 83.4 Å². The minimum Gasteiger partial charge on any atom is -0.481 e. The maximum atomic E-state index is 13.7. The molecule has 0 saturated heterocycles. The maximum absolute atomic E-state index is 13.7. The molecule has 1 N–H and O–H groups in total. The van der Waals surface area contributed by atoms with Crippen LogP contribution in [0.1, 0.15) is 6.92 Å². The Morgan fingerprint density at radius 3 is 2.25 bits per heavy atom. The van der Waals surface area contributed by atoms with Crippen LogP contribution in [0.4, 0.5) is 20.2 Å². The van der Waals surface area contributed by atoms with Gasteiger partial charge >= 0.3 is 0 Å². The van der Waals surface area contributed by atoms with E-state index in [4.69, 9.17) is 16.3 Å². The number of hydrogen-bond acceptors (Lipinski definition) is 4. The predicted molar refractivity (Wildman–Crippen MR) is 119 cm³/mol. The van der Waals surface area contributed by atoms with Gasteiger partial charge in [0, 0.05) is 18.1 Å². The Morgan fingerprint density at radius 2 is 1.66 bits per heavy atom. The van der Waals surface area contributed by atoms with Gasteiger partial charge in [0.15, 0.2) is 6.10 Å². The summed E-state index contributed by atoms with van der Waals surface area (Å²) in [4.78, 5) is 12.3. The van der Waals surface area contributed by atoms with Crippen molar-refractivity contribution < 1.29 is 26.7 Å². The number of halogens is 3. The number of benzene rings is 3. The molecule has 0 fully saturated rings. The van der Waals surface area contributed by atoms with Gasteiger partial charge in [0.25, 0.3) is 15.9 Å². The topological polar surface area (TPSA) is 75.7 Å². The van der Waals surface area contributed by atoms with Crippen LogP contribution in [0.15, 0.2) is 71.6 Å². The third kappa shape index (κ3) is 5.35. The van der Waals surface area contributed by atoms with Gasteiger partial charge in [0.1, 0.15) is 17.4 Å². The number of rotatable bonds is 7. The molecule has 1 atom stereocenters. The fraction of sp³-hybridized carbons (Fsp3) is 0.136. The zero-order valence-corrected chi connectivity index (χ0v) is 18.6. The van der Waals surface area contributed by atoms with E-state index in [0.717, 1.165) is 16.4 Å². The first kappa shape index (κ1) is 23.5. The SMILES string of the molecule is CC(Oc1ccc(N(C)S(=O)(=O)c2ccc(Cl)cc2)cc1)C(=O)Nc1ccc(F)cc1F. The molecule has 1 amide bonds. The van der Waals surface area contributed by atoms with Crippen LogP contribution in [0.5, 0.6) is 5.75 Å². The van der Waals surface area contributed by atoms with Crippen LogP contribution in [0.2, 0.25) is 5.02 Å². The highest BCUT2D eigenvalue weighted by atomic mass is 35.5. The fourth-order valence-corrected chi connectivity index (χ4v) is 4.04. The number of carbonyl (C=O) groups is 1. The number of amides is 1. The minimum absolute atomic E-state index is 0.0862. The van der Waals surface area contributed by atoms with E-state index in [1.54, 1.807) is 0 Å². The molecule has 0 bridgehead atoms. The monoisotopic (exact) mass is 480 g/mol. The van der Waals surface area contributed by atoms with Crippen LogP contribution in [0.25, 0.3) is 0 Å². The quantitative estimate of drug-likeness (QED) is 0.524. The normalized spacial score (nSPS) is 12.2. The standard InChI is InChI=1S/C22H19ClF2N2O4S/c1-14(22(28)26-21-12-5-16(24)13-20(21)25)31-18-8-6-17(7-9-18)27(2)32(29,30)19-10-3-15(23)4-11-19/h3-14H,1-2H3,(H,26,28). The van der Waals surface area contributed by atoms with Crippen molar-refractivity contribution in [3.63, 3.8) is 0 Å². The molecule has 10 heteroatoms. The lowest BCUT2D eigenvalue weighted by molar-refractivity contribution is -0.122. The predicted octanol–water partition coefficient (Wildman–Crippen LogP) is 4.85. The summed E-state index contributed by atoms with van der Waals surface area (Å²) >= 11 is 5.81. The molecule has 0 spiro atoms. The van der Waals surface area contributed by atoms with Gasteiger partial charge in [0.05, 0.1) is 16.3 Å². The van der Waals surface area contributed by atoms with E-state index < -0.39 is 33.7 Å². The summed E-state index contributed by atoms with van der Waals surface area (Å²) in [5.74, 6) is -2.00. The maximum Gasteiger partial charge on any atom is 0.265 e. The first-order valence-electron chi connectivity index (χ1n) is 9.35. The van der Waals surface area contributed by atoms with E-state index in [0.29, 0.717) is 22.5 Å². The van der Waals surface area contributed by atoms with Crippen molar-refractivity contribution in [2.24, 2.45) is 0 Å². The largest absolute Gasteiger partial charge is 0.481 e. The van der Waals surface area contributed by atoms with Crippen molar-refractivity contribution >= 4 is 38.9 Å². The Labute approximate surface area is 189 Å². The summed E-state index contributed by atoms with van der Waals surface area (Å²) in [5, 5.41) is 2.75. The van der Waals surface area contributed by atoms with E-state index >= 15 is 0 Å². The summed E-state index contributed by atoms with van der Waals surface area (Å²) in [6.07, 6.45) is -0.999. The molecular weight excluding hydrogens is 462 g/mol. The van der Waals surface area contributed by atoms with Crippen molar-refractivity contribution in [2.45, 2.75) is 17.9 Å². The molecule has 0 aliphatic rings. The minimum atomic E-state index is -3.79.